The Morgan fingerprint density at radius 1 is 1.43 bits per heavy atom. The molecule has 2 bridgehead atoms. The van der Waals surface area contributed by atoms with E-state index in [2.05, 4.69) is 11.2 Å². The van der Waals surface area contributed by atoms with E-state index in [4.69, 9.17) is 0 Å². The predicted octanol–water partition coefficient (Wildman–Crippen LogP) is 1.12. The molecule has 0 aromatic rings. The highest BCUT2D eigenvalue weighted by Crippen LogP contribution is 2.31. The van der Waals surface area contributed by atoms with Crippen LogP contribution in [-0.2, 0) is 0 Å². The molecule has 0 N–H and O–H groups in total. The van der Waals surface area contributed by atoms with Crippen LogP contribution in [0.15, 0.2) is 4.99 Å². The van der Waals surface area contributed by atoms with Crippen molar-refractivity contribution in [2.75, 3.05) is 0 Å². The van der Waals surface area contributed by atoms with Crippen molar-refractivity contribution in [3.05, 3.63) is 0 Å². The van der Waals surface area contributed by atoms with E-state index >= 15 is 0 Å². The average Bonchev–Trinajstić information content (AvgIpc) is 2.22. The van der Waals surface area contributed by atoms with Gasteiger partial charge >= 0.3 is 0 Å². The Bertz CT molecular complexity index is 94.7. The van der Waals surface area contributed by atoms with Gasteiger partial charge in [-0.05, 0) is 19.3 Å². The van der Waals surface area contributed by atoms with Crippen molar-refractivity contribution in [1.29, 1.82) is 0 Å². The molecule has 1 aliphatic heterocycles. The van der Waals surface area contributed by atoms with Crippen LogP contribution >= 0.6 is 0 Å². The van der Waals surface area contributed by atoms with Gasteiger partial charge in [0.25, 0.3) is 0 Å². The van der Waals surface area contributed by atoms with Crippen molar-refractivity contribution in [2.24, 2.45) is 10.9 Å². The molecule has 1 nitrogen and oxygen atoms in total. The molecule has 7 heavy (non-hydrogen) atoms. The summed E-state index contributed by atoms with van der Waals surface area (Å²) in [5.74, 6) is 0.755. The van der Waals surface area contributed by atoms with Crippen LogP contribution in [0.5, 0.6) is 0 Å². The van der Waals surface area contributed by atoms with E-state index in [-0.39, 0.29) is 0 Å². The van der Waals surface area contributed by atoms with E-state index in [1.807, 2.05) is 0 Å². The average molecular weight is 94.1 g/mol. The fourth-order valence-electron chi connectivity index (χ4n) is 1.40. The molecule has 37 valence electrons. The lowest BCUT2D eigenvalue weighted by Crippen LogP contribution is -1.92. The van der Waals surface area contributed by atoms with Crippen LogP contribution in [0.25, 0.3) is 0 Å². The summed E-state index contributed by atoms with van der Waals surface area (Å²) in [5, 5.41) is 0. The highest BCUT2D eigenvalue weighted by molar-refractivity contribution is 5.64. The second-order valence-corrected chi connectivity index (χ2v) is 2.42. The third-order valence-electron chi connectivity index (χ3n) is 1.84. The van der Waals surface area contributed by atoms with Gasteiger partial charge in [0.1, 0.15) is 0 Å². The lowest BCUT2D eigenvalue weighted by molar-refractivity contribution is 0.722. The van der Waals surface area contributed by atoms with Gasteiger partial charge in [0.2, 0.25) is 0 Å². The third kappa shape index (κ3) is 0.409. The Morgan fingerprint density at radius 2 is 2.43 bits per heavy atom. The lowest BCUT2D eigenvalue weighted by Gasteiger charge is -1.95. The van der Waals surface area contributed by atoms with Gasteiger partial charge in [-0.1, -0.05) is 0 Å². The molecule has 2 rings (SSSR count). The second-order valence-electron chi connectivity index (χ2n) is 2.42. The van der Waals surface area contributed by atoms with Crippen LogP contribution in [0.1, 0.15) is 19.3 Å². The smallest absolute Gasteiger partial charge is 0.0596 e. The standard InChI is InChI=1S/C6H8N/c1-2-6-3-5(1)4-7-6/h5-6H,1-3H2. The maximum absolute atomic E-state index is 4.15. The van der Waals surface area contributed by atoms with E-state index in [9.17, 15) is 0 Å². The van der Waals surface area contributed by atoms with Crippen LogP contribution in [0.2, 0.25) is 0 Å². The summed E-state index contributed by atoms with van der Waals surface area (Å²) >= 11 is 0. The SMILES string of the molecule is [C]1=NC2CCC1C2. The van der Waals surface area contributed by atoms with Crippen molar-refractivity contribution < 1.29 is 0 Å². The Balaban J connectivity index is 2.27. The van der Waals surface area contributed by atoms with Gasteiger partial charge in [0.05, 0.1) is 12.3 Å². The molecular weight excluding hydrogens is 86.1 g/mol. The summed E-state index contributed by atoms with van der Waals surface area (Å²) in [6.07, 6.45) is 7.07. The van der Waals surface area contributed by atoms with Crippen molar-refractivity contribution in [3.63, 3.8) is 0 Å². The normalized spacial score (nSPS) is 45.7. The van der Waals surface area contributed by atoms with Crippen LogP contribution in [0.4, 0.5) is 0 Å². The van der Waals surface area contributed by atoms with E-state index in [0.717, 1.165) is 5.92 Å². The van der Waals surface area contributed by atoms with E-state index < -0.39 is 0 Å². The van der Waals surface area contributed by atoms with E-state index in [1.54, 1.807) is 0 Å². The Hall–Kier alpha value is -0.330. The number of hydrogen-bond donors (Lipinski definition) is 0. The monoisotopic (exact) mass is 94.1 g/mol. The van der Waals surface area contributed by atoms with E-state index in [1.165, 1.54) is 19.3 Å². The van der Waals surface area contributed by atoms with Gasteiger partial charge in [0, 0.05) is 5.92 Å². The number of nitrogens with zero attached hydrogens (tertiary/aromatic N) is 1. The first-order valence-corrected chi connectivity index (χ1v) is 2.90. The summed E-state index contributed by atoms with van der Waals surface area (Å²) in [7, 11) is 0. The zero-order valence-corrected chi connectivity index (χ0v) is 4.22. The highest BCUT2D eigenvalue weighted by Gasteiger charge is 2.27. The first-order chi connectivity index (χ1) is 3.45. The van der Waals surface area contributed by atoms with Gasteiger partial charge < -0.3 is 0 Å². The molecule has 2 aliphatic rings. The zero-order chi connectivity index (χ0) is 4.69. The minimum Gasteiger partial charge on any atom is -0.284 e. The van der Waals surface area contributed by atoms with Gasteiger partial charge in [0.15, 0.2) is 0 Å². The summed E-state index contributed by atoms with van der Waals surface area (Å²) in [4.78, 5) is 4.15. The maximum atomic E-state index is 4.15. The van der Waals surface area contributed by atoms with Crippen molar-refractivity contribution in [3.8, 4) is 0 Å². The molecule has 0 aromatic heterocycles. The second kappa shape index (κ2) is 1.09. The largest absolute Gasteiger partial charge is 0.284 e. The van der Waals surface area contributed by atoms with Crippen LogP contribution in [0.3, 0.4) is 0 Å². The quantitative estimate of drug-likeness (QED) is 0.426. The van der Waals surface area contributed by atoms with Crippen LogP contribution < -0.4 is 0 Å². The Morgan fingerprint density at radius 3 is 2.57 bits per heavy atom. The summed E-state index contributed by atoms with van der Waals surface area (Å²) < 4.78 is 0. The fourth-order valence-corrected chi connectivity index (χ4v) is 1.40. The first-order valence-electron chi connectivity index (χ1n) is 2.90. The maximum Gasteiger partial charge on any atom is 0.0596 e. The lowest BCUT2D eigenvalue weighted by atomic mass is 10.1. The summed E-state index contributed by atoms with van der Waals surface area (Å²) in [5.41, 5.74) is 0. The Labute approximate surface area is 43.4 Å². The molecule has 1 radical (unpaired) electrons. The molecule has 1 heterocycles. The predicted molar refractivity (Wildman–Crippen MR) is 28.6 cm³/mol. The first kappa shape index (κ1) is 3.65. The fraction of sp³-hybridized carbons (Fsp3) is 0.833. The number of hydrogen-bond acceptors (Lipinski definition) is 1. The van der Waals surface area contributed by atoms with Gasteiger partial charge in [-0.15, -0.1) is 0 Å². The molecule has 0 spiro atoms. The molecule has 0 aromatic carbocycles. The highest BCUT2D eigenvalue weighted by atomic mass is 14.8. The molecule has 2 unspecified atom stereocenters. The molecule has 1 heteroatoms. The molecular formula is C6H8N. The number of rotatable bonds is 0. The number of aliphatic imine (C=N–C) groups is 1. The van der Waals surface area contributed by atoms with Crippen molar-refractivity contribution in [2.45, 2.75) is 25.3 Å². The molecule has 1 saturated carbocycles. The van der Waals surface area contributed by atoms with Gasteiger partial charge in [-0.2, -0.15) is 0 Å². The van der Waals surface area contributed by atoms with E-state index in [0.29, 0.717) is 6.04 Å². The van der Waals surface area contributed by atoms with Crippen LogP contribution in [-0.4, -0.2) is 12.3 Å². The molecule has 0 amide bonds. The zero-order valence-electron chi connectivity index (χ0n) is 4.22. The topological polar surface area (TPSA) is 12.4 Å². The molecule has 1 fully saturated rings. The minimum atomic E-state index is 0.685. The Kier molecular flexibility index (Phi) is 0.566. The van der Waals surface area contributed by atoms with Crippen molar-refractivity contribution >= 4 is 6.21 Å². The number of fused-ring (bicyclic) bond motifs is 2. The van der Waals surface area contributed by atoms with Crippen LogP contribution in [0, 0.1) is 5.92 Å². The molecule has 2 atom stereocenters. The minimum absolute atomic E-state index is 0.685. The summed E-state index contributed by atoms with van der Waals surface area (Å²) in [6, 6.07) is 0.685. The van der Waals surface area contributed by atoms with Gasteiger partial charge in [-0.3, -0.25) is 4.99 Å². The summed E-state index contributed by atoms with van der Waals surface area (Å²) in [6.45, 7) is 0. The molecule has 1 aliphatic carbocycles. The third-order valence-corrected chi connectivity index (χ3v) is 1.84. The molecule has 0 saturated heterocycles. The van der Waals surface area contributed by atoms with Gasteiger partial charge in [-0.25, -0.2) is 0 Å². The van der Waals surface area contributed by atoms with Crippen molar-refractivity contribution in [1.82, 2.24) is 0 Å².